The van der Waals surface area contributed by atoms with Crippen LogP contribution in [0.5, 0.6) is 0 Å². The summed E-state index contributed by atoms with van der Waals surface area (Å²) in [5, 5.41) is 11.5. The smallest absolute Gasteiger partial charge is 0.337 e. The number of carboxylic acids is 1. The fraction of sp³-hybridized carbons (Fsp3) is 0. The van der Waals surface area contributed by atoms with E-state index in [9.17, 15) is 9.18 Å². The minimum Gasteiger partial charge on any atom is -0.478 e. The topological polar surface area (TPSA) is 101 Å². The fourth-order valence-electron chi connectivity index (χ4n) is 1.32. The van der Waals surface area contributed by atoms with Crippen molar-refractivity contribution in [2.24, 2.45) is 0 Å². The Kier molecular flexibility index (Phi) is 3.05. The SMILES string of the molecule is Nc1cc(C(=O)O)cnc1Nc1cncc(F)c1. The Morgan fingerprint density at radius 1 is 1.33 bits per heavy atom. The van der Waals surface area contributed by atoms with Crippen molar-refractivity contribution < 1.29 is 14.3 Å². The third kappa shape index (κ3) is 2.51. The molecule has 92 valence electrons. The first-order valence-electron chi connectivity index (χ1n) is 4.92. The van der Waals surface area contributed by atoms with Gasteiger partial charge in [-0.1, -0.05) is 0 Å². The lowest BCUT2D eigenvalue weighted by Crippen LogP contribution is -2.04. The number of carbonyl (C=O) groups is 1. The molecule has 0 aliphatic carbocycles. The largest absolute Gasteiger partial charge is 0.478 e. The summed E-state index contributed by atoms with van der Waals surface area (Å²) < 4.78 is 12.9. The maximum atomic E-state index is 12.9. The molecule has 0 aromatic carbocycles. The standard InChI is InChI=1S/C11H9FN4O2/c12-7-2-8(5-14-4-7)16-10-9(13)1-6(3-15-10)11(17)18/h1-5H,13H2,(H,15,16)(H,17,18). The van der Waals surface area contributed by atoms with Gasteiger partial charge in [0.05, 0.1) is 29.3 Å². The molecule has 0 saturated carbocycles. The first kappa shape index (κ1) is 11.8. The molecule has 0 spiro atoms. The Morgan fingerprint density at radius 3 is 2.72 bits per heavy atom. The highest BCUT2D eigenvalue weighted by Gasteiger charge is 2.08. The van der Waals surface area contributed by atoms with E-state index in [1.807, 2.05) is 0 Å². The van der Waals surface area contributed by atoms with Crippen LogP contribution in [0.2, 0.25) is 0 Å². The maximum Gasteiger partial charge on any atom is 0.337 e. The minimum atomic E-state index is -1.12. The third-order valence-corrected chi connectivity index (χ3v) is 2.13. The van der Waals surface area contributed by atoms with Crippen LogP contribution in [0.1, 0.15) is 10.4 Å². The zero-order valence-electron chi connectivity index (χ0n) is 9.09. The van der Waals surface area contributed by atoms with Crippen LogP contribution < -0.4 is 11.1 Å². The van der Waals surface area contributed by atoms with Crippen molar-refractivity contribution in [3.63, 3.8) is 0 Å². The highest BCUT2D eigenvalue weighted by atomic mass is 19.1. The number of aromatic carboxylic acids is 1. The number of pyridine rings is 2. The lowest BCUT2D eigenvalue weighted by atomic mass is 10.2. The van der Waals surface area contributed by atoms with E-state index in [4.69, 9.17) is 10.8 Å². The lowest BCUT2D eigenvalue weighted by Gasteiger charge is -2.08. The molecule has 0 unspecified atom stereocenters. The number of anilines is 3. The van der Waals surface area contributed by atoms with Crippen LogP contribution in [0.3, 0.4) is 0 Å². The number of aromatic nitrogens is 2. The van der Waals surface area contributed by atoms with Crippen molar-refractivity contribution in [1.82, 2.24) is 9.97 Å². The Bertz CT molecular complexity index is 603. The Balaban J connectivity index is 2.27. The normalized spacial score (nSPS) is 10.1. The number of rotatable bonds is 3. The molecule has 0 atom stereocenters. The van der Waals surface area contributed by atoms with Crippen molar-refractivity contribution in [3.05, 3.63) is 42.1 Å². The number of nitrogen functional groups attached to an aromatic ring is 1. The van der Waals surface area contributed by atoms with Gasteiger partial charge in [0, 0.05) is 12.3 Å². The van der Waals surface area contributed by atoms with E-state index in [1.54, 1.807) is 0 Å². The number of nitrogens with two attached hydrogens (primary N) is 1. The molecule has 6 nitrogen and oxygen atoms in total. The highest BCUT2D eigenvalue weighted by molar-refractivity contribution is 5.89. The molecule has 2 rings (SSSR count). The summed E-state index contributed by atoms with van der Waals surface area (Å²) >= 11 is 0. The van der Waals surface area contributed by atoms with Gasteiger partial charge in [0.1, 0.15) is 5.82 Å². The fourth-order valence-corrected chi connectivity index (χ4v) is 1.32. The van der Waals surface area contributed by atoms with Crippen LogP contribution in [0, 0.1) is 5.82 Å². The molecule has 4 N–H and O–H groups in total. The molecule has 18 heavy (non-hydrogen) atoms. The van der Waals surface area contributed by atoms with Crippen molar-refractivity contribution in [1.29, 1.82) is 0 Å². The van der Waals surface area contributed by atoms with E-state index in [0.29, 0.717) is 5.69 Å². The minimum absolute atomic E-state index is 0.0181. The first-order valence-corrected chi connectivity index (χ1v) is 4.92. The van der Waals surface area contributed by atoms with E-state index >= 15 is 0 Å². The summed E-state index contributed by atoms with van der Waals surface area (Å²) in [7, 11) is 0. The first-order chi connectivity index (χ1) is 8.56. The summed E-state index contributed by atoms with van der Waals surface area (Å²) in [6.07, 6.45) is 3.62. The van der Waals surface area contributed by atoms with Crippen molar-refractivity contribution in [3.8, 4) is 0 Å². The van der Waals surface area contributed by atoms with Crippen LogP contribution in [0.25, 0.3) is 0 Å². The Hall–Kier alpha value is -2.70. The van der Waals surface area contributed by atoms with E-state index in [1.165, 1.54) is 18.3 Å². The van der Waals surface area contributed by atoms with Crippen LogP contribution in [0.15, 0.2) is 30.7 Å². The second-order valence-electron chi connectivity index (χ2n) is 3.48. The third-order valence-electron chi connectivity index (χ3n) is 2.13. The average molecular weight is 248 g/mol. The number of hydrogen-bond acceptors (Lipinski definition) is 5. The predicted octanol–water partition coefficient (Wildman–Crippen LogP) is 1.64. The average Bonchev–Trinajstić information content (AvgIpc) is 2.31. The maximum absolute atomic E-state index is 12.9. The molecule has 0 amide bonds. The summed E-state index contributed by atoms with van der Waals surface area (Å²) in [5.74, 6) is -1.37. The zero-order chi connectivity index (χ0) is 13.1. The summed E-state index contributed by atoms with van der Waals surface area (Å²) in [5.41, 5.74) is 6.15. The predicted molar refractivity (Wildman–Crippen MR) is 63.1 cm³/mol. The molecule has 0 saturated heterocycles. The van der Waals surface area contributed by atoms with Gasteiger partial charge in [-0.3, -0.25) is 4.98 Å². The molecule has 2 heterocycles. The van der Waals surface area contributed by atoms with Gasteiger partial charge in [0.2, 0.25) is 0 Å². The second-order valence-corrected chi connectivity index (χ2v) is 3.48. The number of hydrogen-bond donors (Lipinski definition) is 3. The van der Waals surface area contributed by atoms with Crippen LogP contribution >= 0.6 is 0 Å². The van der Waals surface area contributed by atoms with Gasteiger partial charge >= 0.3 is 5.97 Å². The van der Waals surface area contributed by atoms with Gasteiger partial charge in [-0.2, -0.15) is 0 Å². The van der Waals surface area contributed by atoms with Crippen molar-refractivity contribution >= 4 is 23.2 Å². The molecule has 2 aromatic heterocycles. The highest BCUT2D eigenvalue weighted by Crippen LogP contribution is 2.21. The van der Waals surface area contributed by atoms with Crippen LogP contribution in [0.4, 0.5) is 21.6 Å². The number of nitrogens with one attached hydrogen (secondary N) is 1. The molecule has 2 aromatic rings. The number of nitrogens with zero attached hydrogens (tertiary/aromatic N) is 2. The van der Waals surface area contributed by atoms with Crippen LogP contribution in [-0.4, -0.2) is 21.0 Å². The van der Waals surface area contributed by atoms with E-state index in [-0.39, 0.29) is 17.1 Å². The number of halogens is 1. The summed E-state index contributed by atoms with van der Waals surface area (Å²) in [6.45, 7) is 0. The number of carboxylic acid groups (broad SMARTS) is 1. The van der Waals surface area contributed by atoms with Gasteiger partial charge < -0.3 is 16.2 Å². The summed E-state index contributed by atoms with van der Waals surface area (Å²) in [4.78, 5) is 18.2. The van der Waals surface area contributed by atoms with E-state index in [2.05, 4.69) is 15.3 Å². The monoisotopic (exact) mass is 248 g/mol. The van der Waals surface area contributed by atoms with Gasteiger partial charge in [-0.25, -0.2) is 14.2 Å². The second kappa shape index (κ2) is 4.66. The molecular formula is C11H9FN4O2. The van der Waals surface area contributed by atoms with E-state index < -0.39 is 11.8 Å². The molecule has 7 heteroatoms. The molecule has 0 aliphatic heterocycles. The van der Waals surface area contributed by atoms with Crippen molar-refractivity contribution in [2.45, 2.75) is 0 Å². The molecule has 0 aliphatic rings. The van der Waals surface area contributed by atoms with Gasteiger partial charge in [0.25, 0.3) is 0 Å². The van der Waals surface area contributed by atoms with Crippen molar-refractivity contribution in [2.75, 3.05) is 11.1 Å². The van der Waals surface area contributed by atoms with Crippen LogP contribution in [-0.2, 0) is 0 Å². The van der Waals surface area contributed by atoms with E-state index in [0.717, 1.165) is 12.4 Å². The molecule has 0 radical (unpaired) electrons. The molecular weight excluding hydrogens is 239 g/mol. The molecule has 0 bridgehead atoms. The Morgan fingerprint density at radius 2 is 2.11 bits per heavy atom. The summed E-state index contributed by atoms with van der Waals surface area (Å²) in [6, 6.07) is 2.49. The lowest BCUT2D eigenvalue weighted by molar-refractivity contribution is 0.0696. The van der Waals surface area contributed by atoms with Gasteiger partial charge in [-0.05, 0) is 6.07 Å². The zero-order valence-corrected chi connectivity index (χ0v) is 9.09. The van der Waals surface area contributed by atoms with Gasteiger partial charge in [0.15, 0.2) is 5.82 Å². The molecule has 0 fully saturated rings. The van der Waals surface area contributed by atoms with Gasteiger partial charge in [-0.15, -0.1) is 0 Å². The Labute approximate surface area is 101 Å². The quantitative estimate of drug-likeness (QED) is 0.763.